The number of hydrogen-bond acceptors (Lipinski definition) is 5. The largest absolute Gasteiger partial charge is 0.441 e. The average molecular weight is 432 g/mol. The molecular formula is C24H24N4O4. The van der Waals surface area contributed by atoms with Gasteiger partial charge in [0.05, 0.1) is 18.2 Å². The third-order valence-corrected chi connectivity index (χ3v) is 5.98. The molecule has 2 aromatic carbocycles. The zero-order valence-electron chi connectivity index (χ0n) is 17.8. The zero-order chi connectivity index (χ0) is 22.7. The number of nitrogens with zero attached hydrogens (tertiary/aromatic N) is 3. The summed E-state index contributed by atoms with van der Waals surface area (Å²) in [6.07, 6.45) is 0.765. The number of ether oxygens (including phenoxy) is 1. The van der Waals surface area contributed by atoms with Gasteiger partial charge in [-0.25, -0.2) is 9.59 Å². The van der Waals surface area contributed by atoms with E-state index < -0.39 is 5.60 Å². The van der Waals surface area contributed by atoms with E-state index in [0.29, 0.717) is 55.8 Å². The number of anilines is 1. The summed E-state index contributed by atoms with van der Waals surface area (Å²) in [6.45, 7) is 3.32. The van der Waals surface area contributed by atoms with Crippen LogP contribution in [0.5, 0.6) is 0 Å². The molecule has 3 amide bonds. The lowest BCUT2D eigenvalue weighted by Gasteiger charge is -2.37. The number of hydrogen-bond donors (Lipinski definition) is 1. The van der Waals surface area contributed by atoms with E-state index in [9.17, 15) is 14.4 Å². The van der Waals surface area contributed by atoms with Gasteiger partial charge in [-0.15, -0.1) is 0 Å². The summed E-state index contributed by atoms with van der Waals surface area (Å²) in [6, 6.07) is 15.8. The number of urea groups is 1. The maximum Gasteiger partial charge on any atom is 0.410 e. The lowest BCUT2D eigenvalue weighted by molar-refractivity contribution is 0.0108. The van der Waals surface area contributed by atoms with Crippen molar-refractivity contribution in [2.24, 2.45) is 0 Å². The second kappa shape index (κ2) is 8.71. The van der Waals surface area contributed by atoms with Crippen LogP contribution >= 0.6 is 0 Å². The molecule has 2 aliphatic heterocycles. The van der Waals surface area contributed by atoms with Crippen LogP contribution in [0.3, 0.4) is 0 Å². The molecule has 1 N–H and O–H groups in total. The van der Waals surface area contributed by atoms with Gasteiger partial charge in [-0.2, -0.15) is 5.26 Å². The van der Waals surface area contributed by atoms with Crippen molar-refractivity contribution in [2.75, 3.05) is 25.0 Å². The van der Waals surface area contributed by atoms with Crippen molar-refractivity contribution in [2.45, 2.75) is 31.9 Å². The van der Waals surface area contributed by atoms with Gasteiger partial charge in [-0.1, -0.05) is 24.3 Å². The molecule has 0 saturated carbocycles. The number of benzene rings is 2. The summed E-state index contributed by atoms with van der Waals surface area (Å²) in [5, 5.41) is 11.8. The lowest BCUT2D eigenvalue weighted by Crippen LogP contribution is -2.49. The Balaban J connectivity index is 1.33. The zero-order valence-corrected chi connectivity index (χ0v) is 17.8. The van der Waals surface area contributed by atoms with Gasteiger partial charge in [0.15, 0.2) is 5.78 Å². The van der Waals surface area contributed by atoms with Gasteiger partial charge < -0.3 is 15.0 Å². The molecule has 0 aliphatic carbocycles. The molecule has 8 nitrogen and oxygen atoms in total. The summed E-state index contributed by atoms with van der Waals surface area (Å²) >= 11 is 0. The molecule has 32 heavy (non-hydrogen) atoms. The van der Waals surface area contributed by atoms with Gasteiger partial charge >= 0.3 is 12.1 Å². The first-order valence-electron chi connectivity index (χ1n) is 10.5. The highest BCUT2D eigenvalue weighted by Gasteiger charge is 2.47. The fraction of sp³-hybridized carbons (Fsp3) is 0.333. The number of nitrogens with one attached hydrogen (secondary N) is 1. The van der Waals surface area contributed by atoms with Crippen molar-refractivity contribution in [3.63, 3.8) is 0 Å². The molecule has 2 heterocycles. The molecule has 4 rings (SSSR count). The average Bonchev–Trinajstić information content (AvgIpc) is 3.09. The molecule has 0 radical (unpaired) electrons. The Morgan fingerprint density at radius 2 is 1.88 bits per heavy atom. The number of likely N-dealkylation sites (tertiary alicyclic amines) is 1. The maximum atomic E-state index is 12.7. The fourth-order valence-corrected chi connectivity index (χ4v) is 4.12. The van der Waals surface area contributed by atoms with Crippen LogP contribution in [-0.4, -0.2) is 52.9 Å². The normalized spacial score (nSPS) is 17.1. The summed E-state index contributed by atoms with van der Waals surface area (Å²) in [4.78, 5) is 40.0. The SMILES string of the molecule is CC(=O)c1cccc(NC(=O)N2CCC3(CC2)CN(Cc2ccc(C#N)cc2)C(=O)O3)c1. The Bertz CT molecular complexity index is 1080. The van der Waals surface area contributed by atoms with Crippen molar-refractivity contribution in [3.05, 3.63) is 65.2 Å². The first-order valence-corrected chi connectivity index (χ1v) is 10.5. The molecule has 0 atom stereocenters. The number of Topliss-reactive ketones (excluding diaryl/α,β-unsaturated/α-hetero) is 1. The minimum absolute atomic E-state index is 0.0605. The van der Waals surface area contributed by atoms with Gasteiger partial charge in [-0.05, 0) is 36.8 Å². The molecule has 0 bridgehead atoms. The van der Waals surface area contributed by atoms with Gasteiger partial charge in [0.1, 0.15) is 5.60 Å². The van der Waals surface area contributed by atoms with Crippen LogP contribution < -0.4 is 5.32 Å². The maximum absolute atomic E-state index is 12.7. The van der Waals surface area contributed by atoms with Crippen LogP contribution in [0.4, 0.5) is 15.3 Å². The molecular weight excluding hydrogens is 408 g/mol. The number of ketones is 1. The van der Waals surface area contributed by atoms with Gasteiger partial charge in [0, 0.05) is 43.7 Å². The van der Waals surface area contributed by atoms with Crippen molar-refractivity contribution in [3.8, 4) is 6.07 Å². The topological polar surface area (TPSA) is 103 Å². The Kier molecular flexibility index (Phi) is 5.82. The van der Waals surface area contributed by atoms with Crippen molar-refractivity contribution < 1.29 is 19.1 Å². The summed E-state index contributed by atoms with van der Waals surface area (Å²) in [7, 11) is 0. The molecule has 2 aromatic rings. The van der Waals surface area contributed by atoms with Crippen LogP contribution in [0.2, 0.25) is 0 Å². The van der Waals surface area contributed by atoms with E-state index in [2.05, 4.69) is 11.4 Å². The minimum atomic E-state index is -0.588. The highest BCUT2D eigenvalue weighted by Crippen LogP contribution is 2.34. The molecule has 8 heteroatoms. The predicted molar refractivity (Wildman–Crippen MR) is 117 cm³/mol. The number of piperidine rings is 1. The molecule has 164 valence electrons. The van der Waals surface area contributed by atoms with E-state index in [1.807, 2.05) is 12.1 Å². The van der Waals surface area contributed by atoms with E-state index in [1.165, 1.54) is 6.92 Å². The van der Waals surface area contributed by atoms with Crippen LogP contribution in [0, 0.1) is 11.3 Å². The minimum Gasteiger partial charge on any atom is -0.441 e. The van der Waals surface area contributed by atoms with Crippen LogP contribution in [0.25, 0.3) is 0 Å². The first kappa shape index (κ1) is 21.4. The van der Waals surface area contributed by atoms with Gasteiger partial charge in [0.25, 0.3) is 0 Å². The van der Waals surface area contributed by atoms with Crippen LogP contribution in [0.15, 0.2) is 48.5 Å². The molecule has 2 aliphatic rings. The molecule has 1 spiro atoms. The fourth-order valence-electron chi connectivity index (χ4n) is 4.12. The monoisotopic (exact) mass is 432 g/mol. The van der Waals surface area contributed by atoms with E-state index in [4.69, 9.17) is 10.00 Å². The molecule has 0 aromatic heterocycles. The standard InChI is InChI=1S/C24H24N4O4/c1-17(29)20-3-2-4-21(13-20)26-22(30)27-11-9-24(10-12-27)16-28(23(31)32-24)15-19-7-5-18(14-25)6-8-19/h2-8,13H,9-12,15-16H2,1H3,(H,26,30). The Hall–Kier alpha value is -3.86. The highest BCUT2D eigenvalue weighted by atomic mass is 16.6. The second-order valence-corrected chi connectivity index (χ2v) is 8.27. The van der Waals surface area contributed by atoms with E-state index in [1.54, 1.807) is 46.2 Å². The smallest absolute Gasteiger partial charge is 0.410 e. The third kappa shape index (κ3) is 4.57. The number of rotatable bonds is 4. The second-order valence-electron chi connectivity index (χ2n) is 8.27. The Morgan fingerprint density at radius 1 is 1.16 bits per heavy atom. The quantitative estimate of drug-likeness (QED) is 0.741. The predicted octanol–water partition coefficient (Wildman–Crippen LogP) is 3.78. The lowest BCUT2D eigenvalue weighted by atomic mass is 9.91. The van der Waals surface area contributed by atoms with Crippen molar-refractivity contribution >= 4 is 23.6 Å². The number of carbonyl (C=O) groups is 3. The van der Waals surface area contributed by atoms with Gasteiger partial charge in [-0.3, -0.25) is 9.69 Å². The molecule has 2 fully saturated rings. The van der Waals surface area contributed by atoms with Crippen molar-refractivity contribution in [1.29, 1.82) is 5.26 Å². The first-order chi connectivity index (χ1) is 15.4. The van der Waals surface area contributed by atoms with Crippen LogP contribution in [0.1, 0.15) is 41.3 Å². The van der Waals surface area contributed by atoms with E-state index in [0.717, 1.165) is 5.56 Å². The van der Waals surface area contributed by atoms with E-state index in [-0.39, 0.29) is 17.9 Å². The molecule has 2 saturated heterocycles. The van der Waals surface area contributed by atoms with E-state index >= 15 is 0 Å². The van der Waals surface area contributed by atoms with Gasteiger partial charge in [0.2, 0.25) is 0 Å². The number of carbonyl (C=O) groups excluding carboxylic acids is 3. The Morgan fingerprint density at radius 3 is 2.53 bits per heavy atom. The molecule has 0 unspecified atom stereocenters. The number of nitriles is 1. The summed E-state index contributed by atoms with van der Waals surface area (Å²) < 4.78 is 5.75. The summed E-state index contributed by atoms with van der Waals surface area (Å²) in [5.74, 6) is -0.0605. The van der Waals surface area contributed by atoms with Crippen LogP contribution in [-0.2, 0) is 11.3 Å². The summed E-state index contributed by atoms with van der Waals surface area (Å²) in [5.41, 5.74) is 2.04. The Labute approximate surface area is 186 Å². The highest BCUT2D eigenvalue weighted by molar-refractivity contribution is 5.96. The number of amides is 3. The van der Waals surface area contributed by atoms with Crippen molar-refractivity contribution in [1.82, 2.24) is 9.80 Å². The third-order valence-electron chi connectivity index (χ3n) is 5.98.